The predicted molar refractivity (Wildman–Crippen MR) is 155 cm³/mol. The summed E-state index contributed by atoms with van der Waals surface area (Å²) in [7, 11) is 0. The summed E-state index contributed by atoms with van der Waals surface area (Å²) in [4.78, 5) is 29.0. The van der Waals surface area contributed by atoms with E-state index >= 15 is 0 Å². The average Bonchev–Trinajstić information content (AvgIpc) is 2.90. The van der Waals surface area contributed by atoms with Gasteiger partial charge in [0.1, 0.15) is 11.8 Å². The molecule has 0 unspecified atom stereocenters. The Morgan fingerprint density at radius 3 is 2.29 bits per heavy atom. The topological polar surface area (TPSA) is 58.6 Å². The Morgan fingerprint density at radius 2 is 1.63 bits per heavy atom. The van der Waals surface area contributed by atoms with Gasteiger partial charge in [-0.2, -0.15) is 0 Å². The van der Waals surface area contributed by atoms with Gasteiger partial charge in [0.2, 0.25) is 5.91 Å². The zero-order valence-corrected chi connectivity index (χ0v) is 23.9. The lowest BCUT2D eigenvalue weighted by atomic mass is 10.0. The van der Waals surface area contributed by atoms with Crippen molar-refractivity contribution in [1.29, 1.82) is 0 Å². The van der Waals surface area contributed by atoms with E-state index in [0.29, 0.717) is 27.8 Å². The number of nitrogens with zero attached hydrogens (tertiary/aromatic N) is 1. The lowest BCUT2D eigenvalue weighted by Crippen LogP contribution is -2.53. The van der Waals surface area contributed by atoms with Gasteiger partial charge in [0.15, 0.2) is 6.61 Å². The van der Waals surface area contributed by atoms with E-state index in [4.69, 9.17) is 27.9 Å². The fraction of sp³-hybridized carbons (Fsp3) is 0.355. The molecule has 0 saturated carbocycles. The maximum atomic E-state index is 13.8. The third-order valence-electron chi connectivity index (χ3n) is 6.52. The van der Waals surface area contributed by atoms with Crippen molar-refractivity contribution in [2.24, 2.45) is 0 Å². The maximum Gasteiger partial charge on any atom is 0.261 e. The molecular weight excluding hydrogens is 519 g/mol. The third kappa shape index (κ3) is 8.24. The average molecular weight is 556 g/mol. The van der Waals surface area contributed by atoms with E-state index in [1.54, 1.807) is 23.1 Å². The maximum absolute atomic E-state index is 13.8. The van der Waals surface area contributed by atoms with Gasteiger partial charge < -0.3 is 15.0 Å². The minimum atomic E-state index is -0.769. The van der Waals surface area contributed by atoms with Gasteiger partial charge >= 0.3 is 0 Å². The Kier molecular flexibility index (Phi) is 11.1. The van der Waals surface area contributed by atoms with Crippen molar-refractivity contribution in [3.8, 4) is 5.75 Å². The number of ether oxygens (including phenoxy) is 1. The van der Waals surface area contributed by atoms with Gasteiger partial charge in [-0.3, -0.25) is 9.59 Å². The van der Waals surface area contributed by atoms with Gasteiger partial charge in [0.25, 0.3) is 5.91 Å². The first kappa shape index (κ1) is 29.5. The molecule has 0 aliphatic heterocycles. The molecule has 0 aliphatic rings. The second-order valence-electron chi connectivity index (χ2n) is 9.76. The highest BCUT2D eigenvalue weighted by molar-refractivity contribution is 6.35. The molecule has 7 heteroatoms. The van der Waals surface area contributed by atoms with Crippen LogP contribution in [0.25, 0.3) is 0 Å². The fourth-order valence-corrected chi connectivity index (χ4v) is 4.61. The predicted octanol–water partition coefficient (Wildman–Crippen LogP) is 7.05. The van der Waals surface area contributed by atoms with Crippen molar-refractivity contribution in [2.45, 2.75) is 65.1 Å². The largest absolute Gasteiger partial charge is 0.483 e. The van der Waals surface area contributed by atoms with Gasteiger partial charge in [0, 0.05) is 29.1 Å². The lowest BCUT2D eigenvalue weighted by Gasteiger charge is -2.32. The molecule has 0 bridgehead atoms. The van der Waals surface area contributed by atoms with Crippen LogP contribution in [0.1, 0.15) is 56.7 Å². The van der Waals surface area contributed by atoms with Crippen LogP contribution >= 0.6 is 23.2 Å². The number of nitrogens with one attached hydrogen (secondary N) is 1. The van der Waals surface area contributed by atoms with Crippen molar-refractivity contribution >= 4 is 35.0 Å². The summed E-state index contributed by atoms with van der Waals surface area (Å²) >= 11 is 12.6. The van der Waals surface area contributed by atoms with E-state index in [2.05, 4.69) is 19.2 Å². The van der Waals surface area contributed by atoms with E-state index in [1.165, 1.54) is 0 Å². The highest BCUT2D eigenvalue weighted by Crippen LogP contribution is 2.27. The number of carbonyl (C=O) groups is 2. The van der Waals surface area contributed by atoms with Crippen LogP contribution in [0.5, 0.6) is 5.75 Å². The zero-order chi connectivity index (χ0) is 27.7. The summed E-state index contributed by atoms with van der Waals surface area (Å²) < 4.78 is 6.03. The van der Waals surface area contributed by atoms with Gasteiger partial charge in [-0.1, -0.05) is 98.6 Å². The first-order chi connectivity index (χ1) is 18.2. The normalized spacial score (nSPS) is 12.6. The van der Waals surface area contributed by atoms with Crippen LogP contribution in [0.2, 0.25) is 10.0 Å². The first-order valence-electron chi connectivity index (χ1n) is 13.0. The van der Waals surface area contributed by atoms with Crippen LogP contribution in [0.15, 0.2) is 72.8 Å². The summed E-state index contributed by atoms with van der Waals surface area (Å²) in [5.41, 5.74) is 2.66. The molecule has 2 amide bonds. The zero-order valence-electron chi connectivity index (χ0n) is 22.4. The van der Waals surface area contributed by atoms with Crippen LogP contribution in [-0.2, 0) is 22.6 Å². The van der Waals surface area contributed by atoms with Crippen LogP contribution < -0.4 is 10.1 Å². The Bertz CT molecular complexity index is 1220. The van der Waals surface area contributed by atoms with Crippen LogP contribution in [0.4, 0.5) is 0 Å². The summed E-state index contributed by atoms with van der Waals surface area (Å²) in [6.45, 7) is 8.04. The van der Waals surface area contributed by atoms with Gasteiger partial charge in [-0.15, -0.1) is 0 Å². The van der Waals surface area contributed by atoms with Crippen molar-refractivity contribution in [3.05, 3.63) is 99.5 Å². The molecule has 1 N–H and O–H groups in total. The second-order valence-corrected chi connectivity index (χ2v) is 10.6. The minimum absolute atomic E-state index is 0.0361. The SMILES string of the molecule is CC[C@H](C)NC(=O)[C@H](Cc1ccccc1)N(Cc1ccc(Cl)cc1Cl)C(=O)COc1ccccc1C(C)C. The Labute approximate surface area is 236 Å². The molecule has 0 aromatic heterocycles. The number of carbonyl (C=O) groups excluding carboxylic acids is 2. The number of benzene rings is 3. The molecule has 3 rings (SSSR count). The Hall–Kier alpha value is -3.02. The number of hydrogen-bond acceptors (Lipinski definition) is 3. The molecule has 0 heterocycles. The van der Waals surface area contributed by atoms with E-state index in [-0.39, 0.29) is 36.9 Å². The molecule has 0 fully saturated rings. The number of hydrogen-bond donors (Lipinski definition) is 1. The van der Waals surface area contributed by atoms with Gasteiger partial charge in [-0.05, 0) is 54.2 Å². The molecule has 0 saturated heterocycles. The smallest absolute Gasteiger partial charge is 0.261 e. The van der Waals surface area contributed by atoms with Crippen molar-refractivity contribution in [2.75, 3.05) is 6.61 Å². The molecule has 2 atom stereocenters. The van der Waals surface area contributed by atoms with Crippen LogP contribution in [-0.4, -0.2) is 35.4 Å². The fourth-order valence-electron chi connectivity index (χ4n) is 4.14. The van der Waals surface area contributed by atoms with E-state index in [1.807, 2.05) is 68.4 Å². The molecule has 38 heavy (non-hydrogen) atoms. The van der Waals surface area contributed by atoms with E-state index in [0.717, 1.165) is 17.5 Å². The third-order valence-corrected chi connectivity index (χ3v) is 7.11. The molecular formula is C31H36Cl2N2O3. The standard InChI is InChI=1S/C31H36Cl2N2O3/c1-5-22(4)34-31(37)28(17-23-11-7-6-8-12-23)35(19-24-15-16-25(32)18-27(24)33)30(36)20-38-29-14-10-9-13-26(29)21(2)3/h6-16,18,21-22,28H,5,17,19-20H2,1-4H3,(H,34,37)/t22-,28-/m0/s1. The molecule has 3 aromatic carbocycles. The minimum Gasteiger partial charge on any atom is -0.483 e. The molecule has 0 radical (unpaired) electrons. The highest BCUT2D eigenvalue weighted by Gasteiger charge is 2.32. The Morgan fingerprint density at radius 1 is 0.947 bits per heavy atom. The van der Waals surface area contributed by atoms with Gasteiger partial charge in [-0.25, -0.2) is 0 Å². The number of halogens is 2. The quantitative estimate of drug-likeness (QED) is 0.261. The summed E-state index contributed by atoms with van der Waals surface area (Å²) in [5.74, 6) is 0.362. The molecule has 0 spiro atoms. The van der Waals surface area contributed by atoms with E-state index < -0.39 is 6.04 Å². The summed E-state index contributed by atoms with van der Waals surface area (Å²) in [5, 5.41) is 4.00. The molecule has 0 aliphatic carbocycles. The van der Waals surface area contributed by atoms with Crippen molar-refractivity contribution < 1.29 is 14.3 Å². The van der Waals surface area contributed by atoms with Gasteiger partial charge in [0.05, 0.1) is 0 Å². The molecule has 5 nitrogen and oxygen atoms in total. The number of amides is 2. The number of rotatable bonds is 12. The monoisotopic (exact) mass is 554 g/mol. The highest BCUT2D eigenvalue weighted by atomic mass is 35.5. The number of para-hydroxylation sites is 1. The van der Waals surface area contributed by atoms with Crippen molar-refractivity contribution in [1.82, 2.24) is 10.2 Å². The first-order valence-corrected chi connectivity index (χ1v) is 13.7. The summed E-state index contributed by atoms with van der Waals surface area (Å²) in [6, 6.07) is 21.7. The second kappa shape index (κ2) is 14.2. The summed E-state index contributed by atoms with van der Waals surface area (Å²) in [6.07, 6.45) is 1.12. The Balaban J connectivity index is 1.97. The van der Waals surface area contributed by atoms with E-state index in [9.17, 15) is 9.59 Å². The molecule has 202 valence electrons. The van der Waals surface area contributed by atoms with Crippen molar-refractivity contribution in [3.63, 3.8) is 0 Å². The molecule has 3 aromatic rings. The lowest BCUT2D eigenvalue weighted by molar-refractivity contribution is -0.143. The van der Waals surface area contributed by atoms with Crippen LogP contribution in [0.3, 0.4) is 0 Å². The van der Waals surface area contributed by atoms with Crippen LogP contribution in [0, 0.1) is 0 Å².